The molecule has 1 aliphatic rings. The average molecular weight is 282 g/mol. The van der Waals surface area contributed by atoms with E-state index in [1.165, 1.54) is 23.2 Å². The molecule has 0 bridgehead atoms. The molecule has 2 heterocycles. The number of anilines is 1. The Morgan fingerprint density at radius 3 is 3.00 bits per heavy atom. The highest BCUT2D eigenvalue weighted by molar-refractivity contribution is 7.11. The van der Waals surface area contributed by atoms with Crippen molar-refractivity contribution in [1.29, 1.82) is 0 Å². The molecule has 1 N–H and O–H groups in total. The molecule has 0 aliphatic heterocycles. The second kappa shape index (κ2) is 4.83. The van der Waals surface area contributed by atoms with Crippen molar-refractivity contribution in [2.24, 2.45) is 0 Å². The van der Waals surface area contributed by atoms with Crippen molar-refractivity contribution in [1.82, 2.24) is 15.2 Å². The first-order chi connectivity index (χ1) is 9.88. The third-order valence-electron chi connectivity index (χ3n) is 3.49. The van der Waals surface area contributed by atoms with Crippen molar-refractivity contribution in [2.75, 3.05) is 5.32 Å². The maximum absolute atomic E-state index is 4.26. The molecule has 100 valence electrons. The van der Waals surface area contributed by atoms with Gasteiger partial charge in [0.1, 0.15) is 10.0 Å². The Hall–Kier alpha value is -2.01. The number of nitrogens with zero attached hydrogens (tertiary/aromatic N) is 3. The molecule has 1 fully saturated rings. The molecule has 0 atom stereocenters. The number of aromatic nitrogens is 3. The van der Waals surface area contributed by atoms with Gasteiger partial charge in [-0.05, 0) is 36.4 Å². The van der Waals surface area contributed by atoms with Crippen LogP contribution in [-0.4, -0.2) is 15.2 Å². The van der Waals surface area contributed by atoms with Gasteiger partial charge in [-0.1, -0.05) is 17.4 Å². The van der Waals surface area contributed by atoms with E-state index >= 15 is 0 Å². The first-order valence-electron chi connectivity index (χ1n) is 6.78. The smallest absolute Gasteiger partial charge is 0.136 e. The van der Waals surface area contributed by atoms with E-state index in [4.69, 9.17) is 0 Å². The summed E-state index contributed by atoms with van der Waals surface area (Å²) in [5, 5.41) is 16.5. The molecule has 1 aromatic carbocycles. The van der Waals surface area contributed by atoms with Crippen molar-refractivity contribution in [3.05, 3.63) is 46.7 Å². The van der Waals surface area contributed by atoms with Gasteiger partial charge < -0.3 is 5.32 Å². The van der Waals surface area contributed by atoms with E-state index in [-0.39, 0.29) is 0 Å². The van der Waals surface area contributed by atoms with Crippen LogP contribution < -0.4 is 5.32 Å². The summed E-state index contributed by atoms with van der Waals surface area (Å²) in [6.07, 6.45) is 6.26. The fraction of sp³-hybridized carbons (Fsp3) is 0.267. The maximum Gasteiger partial charge on any atom is 0.136 e. The van der Waals surface area contributed by atoms with Gasteiger partial charge >= 0.3 is 0 Å². The van der Waals surface area contributed by atoms with Crippen LogP contribution in [0.5, 0.6) is 0 Å². The summed E-state index contributed by atoms with van der Waals surface area (Å²) >= 11 is 1.73. The molecule has 1 saturated carbocycles. The molecule has 0 amide bonds. The first-order valence-corrected chi connectivity index (χ1v) is 7.60. The van der Waals surface area contributed by atoms with Crippen LogP contribution in [0, 0.1) is 0 Å². The molecule has 2 aromatic heterocycles. The lowest BCUT2D eigenvalue weighted by atomic mass is 10.1. The average Bonchev–Trinajstić information content (AvgIpc) is 3.24. The predicted molar refractivity (Wildman–Crippen MR) is 81.0 cm³/mol. The van der Waals surface area contributed by atoms with Gasteiger partial charge in [0, 0.05) is 29.4 Å². The quantitative estimate of drug-likeness (QED) is 0.794. The van der Waals surface area contributed by atoms with Gasteiger partial charge in [-0.25, -0.2) is 0 Å². The van der Waals surface area contributed by atoms with E-state index in [0.717, 1.165) is 22.6 Å². The minimum atomic E-state index is 0.689. The second-order valence-corrected chi connectivity index (χ2v) is 6.19. The van der Waals surface area contributed by atoms with E-state index in [9.17, 15) is 0 Å². The van der Waals surface area contributed by atoms with Crippen molar-refractivity contribution >= 4 is 27.8 Å². The summed E-state index contributed by atoms with van der Waals surface area (Å²) < 4.78 is 0. The van der Waals surface area contributed by atoms with Gasteiger partial charge in [-0.15, -0.1) is 10.2 Å². The number of benzene rings is 1. The van der Waals surface area contributed by atoms with Crippen LogP contribution in [0.2, 0.25) is 0 Å². The van der Waals surface area contributed by atoms with Gasteiger partial charge in [-0.3, -0.25) is 4.98 Å². The van der Waals surface area contributed by atoms with E-state index in [2.05, 4.69) is 38.7 Å². The molecule has 20 heavy (non-hydrogen) atoms. The Morgan fingerprint density at radius 2 is 2.10 bits per heavy atom. The van der Waals surface area contributed by atoms with Crippen LogP contribution in [-0.2, 0) is 6.54 Å². The third-order valence-corrected chi connectivity index (χ3v) is 4.58. The fourth-order valence-electron chi connectivity index (χ4n) is 2.20. The highest BCUT2D eigenvalue weighted by atomic mass is 32.1. The molecule has 3 aromatic rings. The molecule has 0 unspecified atom stereocenters. The van der Waals surface area contributed by atoms with E-state index in [1.54, 1.807) is 11.3 Å². The zero-order valence-electron chi connectivity index (χ0n) is 10.9. The molecule has 4 nitrogen and oxygen atoms in total. The van der Waals surface area contributed by atoms with Gasteiger partial charge in [0.2, 0.25) is 0 Å². The van der Waals surface area contributed by atoms with Crippen LogP contribution in [0.1, 0.15) is 28.8 Å². The highest BCUT2D eigenvalue weighted by Crippen LogP contribution is 2.41. The summed E-state index contributed by atoms with van der Waals surface area (Å²) in [6, 6.07) is 8.32. The number of hydrogen-bond donors (Lipinski definition) is 1. The topological polar surface area (TPSA) is 50.7 Å². The normalized spacial score (nSPS) is 14.6. The van der Waals surface area contributed by atoms with Crippen LogP contribution in [0.4, 0.5) is 5.69 Å². The van der Waals surface area contributed by atoms with Crippen molar-refractivity contribution in [2.45, 2.75) is 25.3 Å². The SMILES string of the molecule is c1cc2cc(NCc3nnc(C4CC4)s3)ccc2cn1. The van der Waals surface area contributed by atoms with Gasteiger partial charge in [0.05, 0.1) is 6.54 Å². The predicted octanol–water partition coefficient (Wildman–Crippen LogP) is 3.58. The highest BCUT2D eigenvalue weighted by Gasteiger charge is 2.27. The van der Waals surface area contributed by atoms with Crippen molar-refractivity contribution < 1.29 is 0 Å². The second-order valence-electron chi connectivity index (χ2n) is 5.10. The Bertz CT molecular complexity index is 748. The van der Waals surface area contributed by atoms with Crippen molar-refractivity contribution in [3.63, 3.8) is 0 Å². The van der Waals surface area contributed by atoms with E-state index < -0.39 is 0 Å². The van der Waals surface area contributed by atoms with E-state index in [1.807, 2.05) is 18.5 Å². The first kappa shape index (κ1) is 11.8. The van der Waals surface area contributed by atoms with E-state index in [0.29, 0.717) is 5.92 Å². The summed E-state index contributed by atoms with van der Waals surface area (Å²) in [6.45, 7) is 0.737. The number of rotatable bonds is 4. The Kier molecular flexibility index (Phi) is 2.85. The number of pyridine rings is 1. The molecular formula is C15H14N4S. The molecule has 0 saturated heterocycles. The molecular weight excluding hydrogens is 268 g/mol. The monoisotopic (exact) mass is 282 g/mol. The van der Waals surface area contributed by atoms with Gasteiger partial charge in [-0.2, -0.15) is 0 Å². The zero-order chi connectivity index (χ0) is 13.4. The summed E-state index contributed by atoms with van der Waals surface area (Å²) in [7, 11) is 0. The van der Waals surface area contributed by atoms with Crippen LogP contribution >= 0.6 is 11.3 Å². The Balaban J connectivity index is 1.48. The van der Waals surface area contributed by atoms with Crippen molar-refractivity contribution in [3.8, 4) is 0 Å². The molecule has 4 rings (SSSR count). The summed E-state index contributed by atoms with van der Waals surface area (Å²) in [4.78, 5) is 4.12. The van der Waals surface area contributed by atoms with Gasteiger partial charge in [0.25, 0.3) is 0 Å². The van der Waals surface area contributed by atoms with Crippen LogP contribution in [0.3, 0.4) is 0 Å². The van der Waals surface area contributed by atoms with Crippen LogP contribution in [0.15, 0.2) is 36.7 Å². The minimum Gasteiger partial charge on any atom is -0.378 e. The summed E-state index contributed by atoms with van der Waals surface area (Å²) in [5.41, 5.74) is 1.10. The Labute approximate surface area is 120 Å². The lowest BCUT2D eigenvalue weighted by Gasteiger charge is -2.05. The number of hydrogen-bond acceptors (Lipinski definition) is 5. The lowest BCUT2D eigenvalue weighted by molar-refractivity contribution is 0.934. The van der Waals surface area contributed by atoms with Crippen LogP contribution in [0.25, 0.3) is 10.8 Å². The minimum absolute atomic E-state index is 0.689. The fourth-order valence-corrected chi connectivity index (χ4v) is 3.16. The molecule has 5 heteroatoms. The molecule has 1 aliphatic carbocycles. The largest absolute Gasteiger partial charge is 0.378 e. The lowest BCUT2D eigenvalue weighted by Crippen LogP contribution is -1.98. The van der Waals surface area contributed by atoms with Gasteiger partial charge in [0.15, 0.2) is 0 Å². The standard InChI is InChI=1S/C15H14N4S/c1-2-10(1)15-19-18-14(20-15)9-17-13-4-3-12-8-16-6-5-11(12)7-13/h3-8,10,17H,1-2,9H2. The summed E-state index contributed by atoms with van der Waals surface area (Å²) in [5.74, 6) is 0.689. The molecule has 0 spiro atoms. The zero-order valence-corrected chi connectivity index (χ0v) is 11.7. The Morgan fingerprint density at radius 1 is 1.15 bits per heavy atom. The number of nitrogens with one attached hydrogen (secondary N) is 1. The number of fused-ring (bicyclic) bond motifs is 1. The molecule has 0 radical (unpaired) electrons. The maximum atomic E-state index is 4.26. The third kappa shape index (κ3) is 2.36.